The summed E-state index contributed by atoms with van der Waals surface area (Å²) in [6.45, 7) is 4.21. The molecule has 152 valence electrons. The van der Waals surface area contributed by atoms with Gasteiger partial charge in [-0.25, -0.2) is 4.79 Å². The number of rotatable bonds is 3. The maximum absolute atomic E-state index is 12.0. The SMILES string of the molecule is Cc1ccc(CN2CC[C@H]3O[C@H](C(=O)N(C)C)C[C@H]32)s1.O=C(O)C(F)(F)F. The van der Waals surface area contributed by atoms with Gasteiger partial charge in [0, 0.05) is 49.4 Å². The summed E-state index contributed by atoms with van der Waals surface area (Å²) in [6.07, 6.45) is -3.20. The van der Waals surface area contributed by atoms with Crippen molar-refractivity contribution in [1.82, 2.24) is 9.80 Å². The fourth-order valence-corrected chi connectivity index (χ4v) is 4.16. The van der Waals surface area contributed by atoms with E-state index in [1.54, 1.807) is 19.0 Å². The van der Waals surface area contributed by atoms with Gasteiger partial charge in [0.2, 0.25) is 0 Å². The number of nitrogens with zero attached hydrogens (tertiary/aromatic N) is 2. The molecule has 1 aromatic heterocycles. The third-order valence-corrected chi connectivity index (χ3v) is 5.49. The van der Waals surface area contributed by atoms with E-state index in [-0.39, 0.29) is 18.1 Å². The molecular formula is C17H23F3N2O4S. The van der Waals surface area contributed by atoms with Crippen LogP contribution in [0, 0.1) is 6.92 Å². The molecule has 1 amide bonds. The van der Waals surface area contributed by atoms with Crippen LogP contribution in [0.25, 0.3) is 0 Å². The predicted molar refractivity (Wildman–Crippen MR) is 93.5 cm³/mol. The van der Waals surface area contributed by atoms with Crippen LogP contribution in [0.5, 0.6) is 0 Å². The Labute approximate surface area is 159 Å². The second-order valence-electron chi connectivity index (χ2n) is 6.77. The highest BCUT2D eigenvalue weighted by Gasteiger charge is 2.45. The van der Waals surface area contributed by atoms with Gasteiger partial charge in [0.25, 0.3) is 5.91 Å². The standard InChI is InChI=1S/C15H22N2O2S.C2HF3O2/c1-10-4-5-11(20-10)9-17-7-6-13-12(17)8-14(19-13)15(18)16(2)3;3-2(4,5)1(6)7/h4-5,12-14H,6-9H2,1-3H3;(H,6,7)/t12-,13-,14+;/m1./s1. The largest absolute Gasteiger partial charge is 0.490 e. The van der Waals surface area contributed by atoms with Gasteiger partial charge in [0.15, 0.2) is 0 Å². The Morgan fingerprint density at radius 1 is 1.37 bits per heavy atom. The summed E-state index contributed by atoms with van der Waals surface area (Å²) in [5.41, 5.74) is 0. The number of thiophene rings is 1. The second kappa shape index (κ2) is 8.57. The van der Waals surface area contributed by atoms with Gasteiger partial charge in [-0.05, 0) is 25.5 Å². The van der Waals surface area contributed by atoms with Gasteiger partial charge in [0.05, 0.1) is 6.10 Å². The van der Waals surface area contributed by atoms with E-state index in [2.05, 4.69) is 24.0 Å². The summed E-state index contributed by atoms with van der Waals surface area (Å²) in [6, 6.07) is 4.80. The molecule has 0 aromatic carbocycles. The van der Waals surface area contributed by atoms with Crippen molar-refractivity contribution in [1.29, 1.82) is 0 Å². The van der Waals surface area contributed by atoms with Crippen molar-refractivity contribution in [3.63, 3.8) is 0 Å². The molecule has 27 heavy (non-hydrogen) atoms. The van der Waals surface area contributed by atoms with Crippen LogP contribution in [-0.4, -0.2) is 71.8 Å². The van der Waals surface area contributed by atoms with E-state index in [1.807, 2.05) is 11.3 Å². The van der Waals surface area contributed by atoms with E-state index in [0.29, 0.717) is 6.04 Å². The summed E-state index contributed by atoms with van der Waals surface area (Å²) in [7, 11) is 3.60. The van der Waals surface area contributed by atoms with Crippen LogP contribution in [0.3, 0.4) is 0 Å². The van der Waals surface area contributed by atoms with Crippen molar-refractivity contribution in [2.24, 2.45) is 0 Å². The molecule has 1 N–H and O–H groups in total. The quantitative estimate of drug-likeness (QED) is 0.832. The normalized spacial score (nSPS) is 24.9. The zero-order chi connectivity index (χ0) is 20.4. The van der Waals surface area contributed by atoms with Crippen molar-refractivity contribution in [3.05, 3.63) is 21.9 Å². The summed E-state index contributed by atoms with van der Waals surface area (Å²) < 4.78 is 37.7. The number of carboxylic acid groups (broad SMARTS) is 1. The molecule has 2 saturated heterocycles. The van der Waals surface area contributed by atoms with Crippen LogP contribution >= 0.6 is 11.3 Å². The topological polar surface area (TPSA) is 70.1 Å². The van der Waals surface area contributed by atoms with Crippen molar-refractivity contribution < 1.29 is 32.6 Å². The lowest BCUT2D eigenvalue weighted by molar-refractivity contribution is -0.192. The minimum Gasteiger partial charge on any atom is -0.475 e. The van der Waals surface area contributed by atoms with Crippen LogP contribution in [0.2, 0.25) is 0 Å². The number of halogens is 3. The third kappa shape index (κ3) is 5.66. The lowest BCUT2D eigenvalue weighted by Gasteiger charge is -2.22. The average molecular weight is 408 g/mol. The van der Waals surface area contributed by atoms with E-state index in [4.69, 9.17) is 14.6 Å². The summed E-state index contributed by atoms with van der Waals surface area (Å²) in [5, 5.41) is 7.12. The first kappa shape index (κ1) is 21.6. The van der Waals surface area contributed by atoms with Crippen LogP contribution < -0.4 is 0 Å². The zero-order valence-corrected chi connectivity index (χ0v) is 16.1. The van der Waals surface area contributed by atoms with E-state index < -0.39 is 12.1 Å². The number of amides is 1. The number of hydrogen-bond acceptors (Lipinski definition) is 5. The van der Waals surface area contributed by atoms with E-state index in [1.165, 1.54) is 9.75 Å². The Hall–Kier alpha value is -1.65. The lowest BCUT2D eigenvalue weighted by Crippen LogP contribution is -2.35. The summed E-state index contributed by atoms with van der Waals surface area (Å²) in [4.78, 5) is 27.8. The summed E-state index contributed by atoms with van der Waals surface area (Å²) >= 11 is 1.86. The lowest BCUT2D eigenvalue weighted by atomic mass is 10.1. The predicted octanol–water partition coefficient (Wildman–Crippen LogP) is 2.51. The Morgan fingerprint density at radius 2 is 2.00 bits per heavy atom. The first-order valence-corrected chi connectivity index (χ1v) is 9.26. The van der Waals surface area contributed by atoms with Gasteiger partial charge in [-0.15, -0.1) is 11.3 Å². The van der Waals surface area contributed by atoms with Gasteiger partial charge < -0.3 is 14.7 Å². The number of carboxylic acids is 1. The van der Waals surface area contributed by atoms with Gasteiger partial charge >= 0.3 is 12.1 Å². The Morgan fingerprint density at radius 3 is 2.48 bits per heavy atom. The molecule has 0 aliphatic carbocycles. The van der Waals surface area contributed by atoms with Crippen LogP contribution in [0.15, 0.2) is 12.1 Å². The molecule has 6 nitrogen and oxygen atoms in total. The molecule has 0 unspecified atom stereocenters. The third-order valence-electron chi connectivity index (χ3n) is 4.51. The molecule has 2 aliphatic heterocycles. The molecule has 2 aliphatic rings. The maximum Gasteiger partial charge on any atom is 0.490 e. The van der Waals surface area contributed by atoms with Crippen molar-refractivity contribution in [2.45, 2.75) is 50.7 Å². The van der Waals surface area contributed by atoms with Crippen LogP contribution in [0.4, 0.5) is 13.2 Å². The van der Waals surface area contributed by atoms with Crippen molar-refractivity contribution >= 4 is 23.2 Å². The highest BCUT2D eigenvalue weighted by Crippen LogP contribution is 2.35. The minimum atomic E-state index is -5.08. The van der Waals surface area contributed by atoms with Gasteiger partial charge in [0.1, 0.15) is 6.10 Å². The number of aliphatic carboxylic acids is 1. The number of ether oxygens (including phenoxy) is 1. The molecule has 3 heterocycles. The number of alkyl halides is 3. The molecule has 0 spiro atoms. The molecule has 0 saturated carbocycles. The van der Waals surface area contributed by atoms with Crippen LogP contribution in [-0.2, 0) is 20.9 Å². The second-order valence-corrected chi connectivity index (χ2v) is 8.15. The fourth-order valence-electron chi connectivity index (χ4n) is 3.25. The fraction of sp³-hybridized carbons (Fsp3) is 0.647. The molecule has 10 heteroatoms. The van der Waals surface area contributed by atoms with E-state index in [9.17, 15) is 18.0 Å². The number of hydrogen-bond donors (Lipinski definition) is 1. The molecule has 3 rings (SSSR count). The Kier molecular flexibility index (Phi) is 6.87. The number of likely N-dealkylation sites (tertiary alicyclic amines) is 1. The smallest absolute Gasteiger partial charge is 0.475 e. The first-order valence-electron chi connectivity index (χ1n) is 8.45. The number of carbonyl (C=O) groups is 2. The average Bonchev–Trinajstić information content (AvgIpc) is 3.24. The highest BCUT2D eigenvalue weighted by atomic mass is 32.1. The maximum atomic E-state index is 12.0. The number of aryl methyl sites for hydroxylation is 1. The molecule has 1 aromatic rings. The molecular weight excluding hydrogens is 385 g/mol. The minimum absolute atomic E-state index is 0.103. The highest BCUT2D eigenvalue weighted by molar-refractivity contribution is 7.11. The van der Waals surface area contributed by atoms with E-state index in [0.717, 1.165) is 25.9 Å². The summed E-state index contributed by atoms with van der Waals surface area (Å²) in [5.74, 6) is -2.65. The molecule has 0 radical (unpaired) electrons. The van der Waals surface area contributed by atoms with Gasteiger partial charge in [-0.3, -0.25) is 9.69 Å². The van der Waals surface area contributed by atoms with Crippen molar-refractivity contribution in [2.75, 3.05) is 20.6 Å². The van der Waals surface area contributed by atoms with Crippen LogP contribution in [0.1, 0.15) is 22.6 Å². The van der Waals surface area contributed by atoms with Gasteiger partial charge in [-0.2, -0.15) is 13.2 Å². The molecule has 3 atom stereocenters. The number of likely N-dealkylation sites (N-methyl/N-ethyl adjacent to an activating group) is 1. The van der Waals surface area contributed by atoms with Crippen molar-refractivity contribution in [3.8, 4) is 0 Å². The molecule has 0 bridgehead atoms. The zero-order valence-electron chi connectivity index (χ0n) is 15.3. The van der Waals surface area contributed by atoms with E-state index >= 15 is 0 Å². The van der Waals surface area contributed by atoms with Gasteiger partial charge in [-0.1, -0.05) is 0 Å². The molecule has 2 fully saturated rings. The first-order chi connectivity index (χ1) is 12.5. The Balaban J connectivity index is 0.000000321. The number of fused-ring (bicyclic) bond motifs is 1. The Bertz CT molecular complexity index is 677. The number of carbonyl (C=O) groups excluding carboxylic acids is 1. The monoisotopic (exact) mass is 408 g/mol.